The van der Waals surface area contributed by atoms with Crippen molar-refractivity contribution in [3.63, 3.8) is 0 Å². The smallest absolute Gasteiger partial charge is 0.346 e. The molecule has 0 saturated heterocycles. The fourth-order valence-electron chi connectivity index (χ4n) is 9.68. The first-order valence-electron chi connectivity index (χ1n) is 30.7. The van der Waals surface area contributed by atoms with Gasteiger partial charge in [-0.2, -0.15) is 0 Å². The molecule has 0 saturated carbocycles. The van der Waals surface area contributed by atoms with Gasteiger partial charge in [-0.1, -0.05) is 192 Å². The molecule has 0 spiro atoms. The topological polar surface area (TPSA) is 124 Å². The number of fused-ring (bicyclic) bond motifs is 1. The first-order chi connectivity index (χ1) is 40.9. The number of benzene rings is 6. The minimum Gasteiger partial charge on any atom is -0.494 e. The van der Waals surface area contributed by atoms with Gasteiger partial charge in [-0.05, 0) is 134 Å². The summed E-state index contributed by atoms with van der Waals surface area (Å²) in [4.78, 5) is 52.3. The van der Waals surface area contributed by atoms with Crippen LogP contribution in [0.5, 0.6) is 34.5 Å². The second kappa shape index (κ2) is 36.9. The summed E-state index contributed by atoms with van der Waals surface area (Å²) in [5, 5.41) is 1.18. The molecule has 0 bridgehead atoms. The quantitative estimate of drug-likeness (QED) is 0.0160. The molecule has 448 valence electrons. The Morgan fingerprint density at radius 1 is 0.345 bits per heavy atom. The van der Waals surface area contributed by atoms with Crippen molar-refractivity contribution in [2.75, 3.05) is 13.2 Å². The predicted octanol–water partition coefficient (Wildman–Crippen LogP) is 19.7. The van der Waals surface area contributed by atoms with Gasteiger partial charge in [-0.25, -0.2) is 28.0 Å². The number of hydrogen-bond acceptors (Lipinski definition) is 10. The standard InChI is InChI=1S/C72H86F2O10/c1-5-7-9-11-13-15-17-19-21-23-25-27-45-79-59-35-29-55(30-36-59)47-53(3)69(75)81-63-41-43-65(67(73)51-63)71(77)83-61-39-33-57-34-40-62(50-58(57)49-61)84-72(78)66-44-42-64(52-68(66)74)82-70(76)54(4)48-56-31-37-60(38-32-56)80-46-28-26-24-22-20-18-16-14-12-10-8-6-2/h29-44,47-52H,5-28,45-46H2,1-4H3/b53-47+,54-48+. The Morgan fingerprint density at radius 3 is 0.976 bits per heavy atom. The van der Waals surface area contributed by atoms with E-state index >= 15 is 8.78 Å². The molecule has 0 fully saturated rings. The highest BCUT2D eigenvalue weighted by Crippen LogP contribution is 2.29. The zero-order valence-corrected chi connectivity index (χ0v) is 49.9. The number of hydrogen-bond donors (Lipinski definition) is 0. The van der Waals surface area contributed by atoms with Crippen LogP contribution in [0.4, 0.5) is 8.78 Å². The Kier molecular flexibility index (Phi) is 28.8. The monoisotopic (exact) mass is 1150 g/mol. The van der Waals surface area contributed by atoms with Crippen molar-refractivity contribution in [1.82, 2.24) is 0 Å². The minimum absolute atomic E-state index is 0.0648. The summed E-state index contributed by atoms with van der Waals surface area (Å²) in [5.74, 6) is -3.89. The van der Waals surface area contributed by atoms with E-state index in [2.05, 4.69) is 13.8 Å². The molecule has 6 aromatic carbocycles. The number of rotatable bonds is 38. The van der Waals surface area contributed by atoms with Crippen molar-refractivity contribution in [1.29, 1.82) is 0 Å². The summed E-state index contributed by atoms with van der Waals surface area (Å²) in [6.45, 7) is 8.99. The fraction of sp³-hybridized carbons (Fsp3) is 0.417. The van der Waals surface area contributed by atoms with Gasteiger partial charge in [0.05, 0.1) is 24.3 Å². The second-order valence-corrected chi connectivity index (χ2v) is 21.8. The highest BCUT2D eigenvalue weighted by Gasteiger charge is 2.20. The van der Waals surface area contributed by atoms with E-state index in [4.69, 9.17) is 28.4 Å². The number of carbonyl (C=O) groups excluding carboxylic acids is 4. The summed E-state index contributed by atoms with van der Waals surface area (Å²) in [5.41, 5.74) is 1.29. The van der Waals surface area contributed by atoms with E-state index in [0.717, 1.165) is 60.4 Å². The summed E-state index contributed by atoms with van der Waals surface area (Å²) >= 11 is 0. The van der Waals surface area contributed by atoms with Gasteiger partial charge in [0.15, 0.2) is 0 Å². The van der Waals surface area contributed by atoms with Gasteiger partial charge < -0.3 is 28.4 Å². The number of unbranched alkanes of at least 4 members (excludes halogenated alkanes) is 22. The van der Waals surface area contributed by atoms with Crippen LogP contribution in [0.25, 0.3) is 22.9 Å². The van der Waals surface area contributed by atoms with Gasteiger partial charge in [0.25, 0.3) is 0 Å². The van der Waals surface area contributed by atoms with Crippen molar-refractivity contribution in [2.45, 2.75) is 182 Å². The first kappa shape index (κ1) is 65.6. The molecular weight excluding hydrogens is 1060 g/mol. The van der Waals surface area contributed by atoms with Gasteiger partial charge in [-0.3, -0.25) is 0 Å². The van der Waals surface area contributed by atoms with E-state index in [-0.39, 0.29) is 34.1 Å². The van der Waals surface area contributed by atoms with E-state index < -0.39 is 46.6 Å². The molecule has 0 heterocycles. The summed E-state index contributed by atoms with van der Waals surface area (Å²) in [6, 6.07) is 31.0. The molecule has 0 atom stereocenters. The Balaban J connectivity index is 0.900. The number of esters is 4. The van der Waals surface area contributed by atoms with Crippen molar-refractivity contribution in [3.8, 4) is 34.5 Å². The average molecular weight is 1150 g/mol. The van der Waals surface area contributed by atoms with E-state index in [1.807, 2.05) is 48.5 Å². The van der Waals surface area contributed by atoms with Crippen LogP contribution in [0.15, 0.2) is 132 Å². The lowest BCUT2D eigenvalue weighted by atomic mass is 10.1. The van der Waals surface area contributed by atoms with Crippen molar-refractivity contribution >= 4 is 46.8 Å². The van der Waals surface area contributed by atoms with E-state index in [9.17, 15) is 19.2 Å². The zero-order valence-electron chi connectivity index (χ0n) is 49.9. The number of ether oxygens (including phenoxy) is 6. The molecular formula is C72H86F2O10. The van der Waals surface area contributed by atoms with Gasteiger partial charge in [0, 0.05) is 23.3 Å². The van der Waals surface area contributed by atoms with Crippen LogP contribution in [0.2, 0.25) is 0 Å². The largest absolute Gasteiger partial charge is 0.494 e. The molecule has 84 heavy (non-hydrogen) atoms. The molecule has 0 radical (unpaired) electrons. The van der Waals surface area contributed by atoms with Crippen LogP contribution in [0.3, 0.4) is 0 Å². The van der Waals surface area contributed by atoms with Crippen LogP contribution in [0, 0.1) is 11.6 Å². The predicted molar refractivity (Wildman–Crippen MR) is 331 cm³/mol. The second-order valence-electron chi connectivity index (χ2n) is 21.8. The summed E-state index contributed by atoms with van der Waals surface area (Å²) < 4.78 is 64.4. The van der Waals surface area contributed by atoms with E-state index in [1.165, 1.54) is 177 Å². The lowest BCUT2D eigenvalue weighted by Gasteiger charge is -2.10. The van der Waals surface area contributed by atoms with Crippen LogP contribution in [-0.2, 0) is 9.59 Å². The maximum absolute atomic E-state index is 15.3. The molecule has 0 aliphatic carbocycles. The van der Waals surface area contributed by atoms with Crippen molar-refractivity contribution in [3.05, 3.63) is 166 Å². The van der Waals surface area contributed by atoms with E-state index in [1.54, 1.807) is 38.1 Å². The lowest BCUT2D eigenvalue weighted by Crippen LogP contribution is -2.13. The van der Waals surface area contributed by atoms with Crippen LogP contribution in [-0.4, -0.2) is 37.1 Å². The Bertz CT molecular complexity index is 2870. The van der Waals surface area contributed by atoms with Crippen molar-refractivity contribution in [2.24, 2.45) is 0 Å². The van der Waals surface area contributed by atoms with Gasteiger partial charge in [-0.15, -0.1) is 0 Å². The molecule has 0 amide bonds. The first-order valence-corrected chi connectivity index (χ1v) is 30.7. The number of halogens is 2. The molecule has 6 aromatic rings. The third kappa shape index (κ3) is 23.6. The third-order valence-electron chi connectivity index (χ3n) is 14.7. The van der Waals surface area contributed by atoms with Crippen molar-refractivity contribution < 1.29 is 56.4 Å². The molecule has 0 aliphatic heterocycles. The Morgan fingerprint density at radius 2 is 0.643 bits per heavy atom. The van der Waals surface area contributed by atoms with Gasteiger partial charge in [0.2, 0.25) is 0 Å². The SMILES string of the molecule is CCCCCCCCCCCCCCOc1ccc(/C=C(\C)C(=O)Oc2ccc(C(=O)Oc3ccc4ccc(OC(=O)c5ccc(OC(=O)/C(C)=C/c6ccc(OCCCCCCCCCCCCCC)cc6)cc5F)cc4c3)c(F)c2)cc1. The van der Waals surface area contributed by atoms with Gasteiger partial charge >= 0.3 is 23.9 Å². The van der Waals surface area contributed by atoms with Crippen LogP contribution < -0.4 is 28.4 Å². The number of carbonyl (C=O) groups is 4. The zero-order chi connectivity index (χ0) is 59.7. The van der Waals surface area contributed by atoms with Crippen LogP contribution in [0.1, 0.15) is 214 Å². The maximum Gasteiger partial charge on any atom is 0.346 e. The third-order valence-corrected chi connectivity index (χ3v) is 14.7. The molecule has 0 aliphatic rings. The summed E-state index contributed by atoms with van der Waals surface area (Å²) in [6.07, 6.45) is 34.1. The summed E-state index contributed by atoms with van der Waals surface area (Å²) in [7, 11) is 0. The average Bonchev–Trinajstić information content (AvgIpc) is 3.62. The molecule has 6 rings (SSSR count). The highest BCUT2D eigenvalue weighted by atomic mass is 19.1. The normalized spacial score (nSPS) is 11.6. The molecule has 0 aromatic heterocycles. The fourth-order valence-corrected chi connectivity index (χ4v) is 9.68. The molecule has 0 unspecified atom stereocenters. The molecule has 10 nitrogen and oxygen atoms in total. The molecule has 0 N–H and O–H groups in total. The van der Waals surface area contributed by atoms with Gasteiger partial charge in [0.1, 0.15) is 46.1 Å². The highest BCUT2D eigenvalue weighted by molar-refractivity contribution is 5.97. The maximum atomic E-state index is 15.3. The lowest BCUT2D eigenvalue weighted by molar-refractivity contribution is -0.130. The molecule has 12 heteroatoms. The van der Waals surface area contributed by atoms with E-state index in [0.29, 0.717) is 24.0 Å². The van der Waals surface area contributed by atoms with Crippen LogP contribution >= 0.6 is 0 Å². The Hall–Kier alpha value is -7.60. The Labute approximate surface area is 496 Å². The minimum atomic E-state index is -1.00.